The number of rotatable bonds is 1. The Kier molecular flexibility index (Phi) is 2.26. The van der Waals surface area contributed by atoms with Gasteiger partial charge in [0.1, 0.15) is 6.17 Å². The Labute approximate surface area is 67.5 Å². The Balaban J connectivity index is 3.21. The second-order valence-electron chi connectivity index (χ2n) is 2.45. The number of halogens is 3. The quantitative estimate of drug-likeness (QED) is 0.697. The monoisotopic (exact) mass is 176 g/mol. The minimum Gasteiger partial charge on any atom is -0.505 e. The van der Waals surface area contributed by atoms with Crippen LogP contribution in [0, 0.1) is 11.6 Å². The van der Waals surface area contributed by atoms with E-state index in [1.165, 1.54) is 6.92 Å². The van der Waals surface area contributed by atoms with Crippen molar-refractivity contribution in [2.75, 3.05) is 0 Å². The van der Waals surface area contributed by atoms with Gasteiger partial charge in [0, 0.05) is 0 Å². The molecule has 0 aromatic heterocycles. The molecule has 0 spiro atoms. The topological polar surface area (TPSA) is 20.2 Å². The molecule has 12 heavy (non-hydrogen) atoms. The molecule has 0 fully saturated rings. The van der Waals surface area contributed by atoms with E-state index < -0.39 is 23.6 Å². The van der Waals surface area contributed by atoms with Crippen LogP contribution in [0.25, 0.3) is 0 Å². The third-order valence-corrected chi connectivity index (χ3v) is 1.49. The summed E-state index contributed by atoms with van der Waals surface area (Å²) in [6.45, 7) is 1.17. The van der Waals surface area contributed by atoms with Gasteiger partial charge in [-0.1, -0.05) is 0 Å². The highest BCUT2D eigenvalue weighted by Gasteiger charge is 2.12. The van der Waals surface area contributed by atoms with Gasteiger partial charge in [0.15, 0.2) is 17.4 Å². The van der Waals surface area contributed by atoms with Crippen LogP contribution in [0.5, 0.6) is 5.75 Å². The first kappa shape index (κ1) is 8.90. The lowest BCUT2D eigenvalue weighted by atomic mass is 10.1. The lowest BCUT2D eigenvalue weighted by Crippen LogP contribution is -1.91. The van der Waals surface area contributed by atoms with Crippen molar-refractivity contribution >= 4 is 0 Å². The van der Waals surface area contributed by atoms with Crippen molar-refractivity contribution in [3.63, 3.8) is 0 Å². The second kappa shape index (κ2) is 3.05. The van der Waals surface area contributed by atoms with Crippen LogP contribution in [-0.4, -0.2) is 5.11 Å². The van der Waals surface area contributed by atoms with Crippen molar-refractivity contribution in [3.8, 4) is 5.75 Å². The van der Waals surface area contributed by atoms with Crippen LogP contribution < -0.4 is 0 Å². The lowest BCUT2D eigenvalue weighted by Gasteiger charge is -2.03. The van der Waals surface area contributed by atoms with E-state index in [9.17, 15) is 13.2 Å². The normalized spacial score (nSPS) is 13.0. The summed E-state index contributed by atoms with van der Waals surface area (Å²) in [6.07, 6.45) is -1.42. The van der Waals surface area contributed by atoms with Crippen molar-refractivity contribution < 1.29 is 18.3 Å². The number of phenolic OH excluding ortho intramolecular Hbond substituents is 1. The molecule has 0 amide bonds. The third-order valence-electron chi connectivity index (χ3n) is 1.49. The summed E-state index contributed by atoms with van der Waals surface area (Å²) in [4.78, 5) is 0. The van der Waals surface area contributed by atoms with E-state index in [0.29, 0.717) is 0 Å². The van der Waals surface area contributed by atoms with Crippen molar-refractivity contribution in [2.45, 2.75) is 13.1 Å². The largest absolute Gasteiger partial charge is 0.505 e. The van der Waals surface area contributed by atoms with Crippen LogP contribution in [0.2, 0.25) is 0 Å². The van der Waals surface area contributed by atoms with E-state index in [1.807, 2.05) is 0 Å². The van der Waals surface area contributed by atoms with Crippen molar-refractivity contribution in [2.24, 2.45) is 0 Å². The molecule has 0 bridgehead atoms. The Hall–Kier alpha value is -1.19. The molecule has 1 aromatic rings. The van der Waals surface area contributed by atoms with Gasteiger partial charge in [-0.2, -0.15) is 4.39 Å². The standard InChI is InChI=1S/C8H7F3O/c1-4(9)5-2-6(10)8(11)7(12)3-5/h2-4,12H,1H3. The fourth-order valence-corrected chi connectivity index (χ4v) is 0.825. The van der Waals surface area contributed by atoms with Gasteiger partial charge < -0.3 is 5.11 Å². The van der Waals surface area contributed by atoms with E-state index >= 15 is 0 Å². The molecule has 0 aliphatic heterocycles. The maximum absolute atomic E-state index is 12.5. The number of aromatic hydroxyl groups is 1. The molecule has 1 atom stereocenters. The highest BCUT2D eigenvalue weighted by Crippen LogP contribution is 2.25. The maximum atomic E-state index is 12.5. The summed E-state index contributed by atoms with van der Waals surface area (Å²) < 4.78 is 37.5. The van der Waals surface area contributed by atoms with Crippen LogP contribution in [-0.2, 0) is 0 Å². The zero-order chi connectivity index (χ0) is 9.30. The van der Waals surface area contributed by atoms with Gasteiger partial charge in [-0.15, -0.1) is 0 Å². The fraction of sp³-hybridized carbons (Fsp3) is 0.250. The smallest absolute Gasteiger partial charge is 0.200 e. The second-order valence-corrected chi connectivity index (χ2v) is 2.45. The van der Waals surface area contributed by atoms with Gasteiger partial charge in [-0.3, -0.25) is 0 Å². The van der Waals surface area contributed by atoms with Crippen LogP contribution in [0.3, 0.4) is 0 Å². The molecule has 0 heterocycles. The highest BCUT2D eigenvalue weighted by molar-refractivity contribution is 5.31. The predicted molar refractivity (Wildman–Crippen MR) is 37.5 cm³/mol. The average Bonchev–Trinajstić information content (AvgIpc) is 1.99. The average molecular weight is 176 g/mol. The zero-order valence-electron chi connectivity index (χ0n) is 6.31. The van der Waals surface area contributed by atoms with E-state index in [-0.39, 0.29) is 5.56 Å². The highest BCUT2D eigenvalue weighted by atomic mass is 19.2. The van der Waals surface area contributed by atoms with Crippen molar-refractivity contribution in [1.82, 2.24) is 0 Å². The van der Waals surface area contributed by atoms with E-state index in [0.717, 1.165) is 12.1 Å². The van der Waals surface area contributed by atoms with Gasteiger partial charge in [0.05, 0.1) is 0 Å². The first-order valence-electron chi connectivity index (χ1n) is 3.34. The van der Waals surface area contributed by atoms with Crippen LogP contribution in [0.4, 0.5) is 13.2 Å². The van der Waals surface area contributed by atoms with Gasteiger partial charge in [-0.25, -0.2) is 8.78 Å². The third kappa shape index (κ3) is 1.52. The Bertz CT molecular complexity index is 273. The Morgan fingerprint density at radius 1 is 1.33 bits per heavy atom. The molecular weight excluding hydrogens is 169 g/mol. The van der Waals surface area contributed by atoms with Crippen molar-refractivity contribution in [1.29, 1.82) is 0 Å². The molecule has 66 valence electrons. The molecule has 0 radical (unpaired) electrons. The van der Waals surface area contributed by atoms with E-state index in [2.05, 4.69) is 0 Å². The van der Waals surface area contributed by atoms with Gasteiger partial charge >= 0.3 is 0 Å². The number of benzene rings is 1. The Morgan fingerprint density at radius 2 is 1.92 bits per heavy atom. The minimum absolute atomic E-state index is 0.0774. The van der Waals surface area contributed by atoms with Gasteiger partial charge in [0.25, 0.3) is 0 Å². The maximum Gasteiger partial charge on any atom is 0.200 e. The lowest BCUT2D eigenvalue weighted by molar-refractivity contribution is 0.362. The fourth-order valence-electron chi connectivity index (χ4n) is 0.825. The summed E-state index contributed by atoms with van der Waals surface area (Å²) in [5, 5.41) is 8.75. The van der Waals surface area contributed by atoms with Crippen LogP contribution in [0.15, 0.2) is 12.1 Å². The molecule has 0 saturated carbocycles. The first-order chi connectivity index (χ1) is 5.52. The number of phenols is 1. The molecule has 1 unspecified atom stereocenters. The molecule has 1 aromatic carbocycles. The minimum atomic E-state index is -1.42. The molecule has 1 rings (SSSR count). The zero-order valence-corrected chi connectivity index (χ0v) is 6.31. The molecular formula is C8H7F3O. The summed E-state index contributed by atoms with van der Waals surface area (Å²) >= 11 is 0. The van der Waals surface area contributed by atoms with E-state index in [4.69, 9.17) is 5.11 Å². The van der Waals surface area contributed by atoms with Crippen molar-refractivity contribution in [3.05, 3.63) is 29.3 Å². The predicted octanol–water partition coefficient (Wildman–Crippen LogP) is 2.70. The molecule has 4 heteroatoms. The summed E-state index contributed by atoms with van der Waals surface area (Å²) in [5.74, 6) is -3.46. The molecule has 0 aliphatic carbocycles. The molecule has 1 nitrogen and oxygen atoms in total. The number of hydrogen-bond donors (Lipinski definition) is 1. The van der Waals surface area contributed by atoms with Gasteiger partial charge in [0.2, 0.25) is 0 Å². The number of hydrogen-bond acceptors (Lipinski definition) is 1. The SMILES string of the molecule is CC(F)c1cc(O)c(F)c(F)c1. The molecule has 0 aliphatic rings. The summed E-state index contributed by atoms with van der Waals surface area (Å²) in [7, 11) is 0. The summed E-state index contributed by atoms with van der Waals surface area (Å²) in [6, 6.07) is 1.59. The van der Waals surface area contributed by atoms with Gasteiger partial charge in [-0.05, 0) is 24.6 Å². The molecule has 1 N–H and O–H groups in total. The molecule has 0 saturated heterocycles. The Morgan fingerprint density at radius 3 is 2.33 bits per heavy atom. The van der Waals surface area contributed by atoms with Crippen LogP contribution in [0.1, 0.15) is 18.7 Å². The van der Waals surface area contributed by atoms with E-state index in [1.54, 1.807) is 0 Å². The van der Waals surface area contributed by atoms with Crippen LogP contribution >= 0.6 is 0 Å². The number of alkyl halides is 1. The first-order valence-corrected chi connectivity index (χ1v) is 3.34. The summed E-state index contributed by atoms with van der Waals surface area (Å²) in [5.41, 5.74) is -0.0774.